The van der Waals surface area contributed by atoms with Gasteiger partial charge in [0.1, 0.15) is 5.82 Å². The lowest BCUT2D eigenvalue weighted by Gasteiger charge is -2.08. The average molecular weight is 301 g/mol. The fourth-order valence-corrected chi connectivity index (χ4v) is 2.23. The summed E-state index contributed by atoms with van der Waals surface area (Å²) in [5, 5.41) is 6.97. The Bertz CT molecular complexity index is 753. The summed E-state index contributed by atoms with van der Waals surface area (Å²) in [6, 6.07) is 8.75. The van der Waals surface area contributed by atoms with E-state index in [4.69, 9.17) is 0 Å². The van der Waals surface area contributed by atoms with E-state index >= 15 is 0 Å². The van der Waals surface area contributed by atoms with Crippen LogP contribution in [-0.4, -0.2) is 22.2 Å². The number of rotatable bonds is 5. The molecule has 1 aromatic carbocycles. The zero-order valence-corrected chi connectivity index (χ0v) is 12.0. The molecule has 6 heteroatoms. The number of carbonyl (C=O) groups is 1. The van der Waals surface area contributed by atoms with Crippen LogP contribution in [0.2, 0.25) is 0 Å². The third-order valence-corrected chi connectivity index (χ3v) is 3.58. The Morgan fingerprint density at radius 3 is 2.86 bits per heavy atom. The van der Waals surface area contributed by atoms with Crippen molar-refractivity contribution in [3.05, 3.63) is 63.8 Å². The maximum atomic E-state index is 13.1. The van der Waals surface area contributed by atoms with Crippen molar-refractivity contribution in [3.8, 4) is 0 Å². The number of benzene rings is 1. The van der Waals surface area contributed by atoms with Crippen LogP contribution >= 0.6 is 0 Å². The second-order valence-electron chi connectivity index (χ2n) is 5.36. The monoisotopic (exact) mass is 301 g/mol. The zero-order valence-electron chi connectivity index (χ0n) is 12.0. The summed E-state index contributed by atoms with van der Waals surface area (Å²) in [5.41, 5.74) is 0.993. The minimum Gasteiger partial charge on any atom is -0.350 e. The summed E-state index contributed by atoms with van der Waals surface area (Å²) in [4.78, 5) is 23.6. The van der Waals surface area contributed by atoms with E-state index in [0.29, 0.717) is 12.5 Å². The van der Waals surface area contributed by atoms with Gasteiger partial charge in [-0.15, -0.1) is 0 Å². The van der Waals surface area contributed by atoms with Crippen LogP contribution in [0, 0.1) is 5.82 Å². The smallest absolute Gasteiger partial charge is 0.266 e. The van der Waals surface area contributed by atoms with Crippen molar-refractivity contribution < 1.29 is 9.18 Å². The molecule has 1 aromatic heterocycles. The van der Waals surface area contributed by atoms with Crippen LogP contribution in [0.4, 0.5) is 4.39 Å². The molecule has 3 rings (SSSR count). The van der Waals surface area contributed by atoms with Crippen molar-refractivity contribution in [3.63, 3.8) is 0 Å². The molecule has 0 bridgehead atoms. The normalized spacial score (nSPS) is 13.9. The molecule has 1 heterocycles. The number of hydrogen-bond acceptors (Lipinski definition) is 3. The molecular weight excluding hydrogens is 285 g/mol. The molecule has 2 aromatic rings. The second-order valence-corrected chi connectivity index (χ2v) is 5.36. The van der Waals surface area contributed by atoms with Gasteiger partial charge in [0.05, 0.1) is 12.2 Å². The van der Waals surface area contributed by atoms with Gasteiger partial charge in [-0.25, -0.2) is 9.07 Å². The van der Waals surface area contributed by atoms with E-state index in [1.807, 2.05) is 0 Å². The molecule has 114 valence electrons. The molecule has 0 spiro atoms. The van der Waals surface area contributed by atoms with E-state index in [-0.39, 0.29) is 23.6 Å². The Morgan fingerprint density at radius 1 is 1.32 bits per heavy atom. The summed E-state index contributed by atoms with van der Waals surface area (Å²) in [5.74, 6) is -0.359. The van der Waals surface area contributed by atoms with E-state index in [0.717, 1.165) is 18.5 Å². The van der Waals surface area contributed by atoms with E-state index in [9.17, 15) is 14.0 Å². The number of amides is 1. The molecule has 1 fully saturated rings. The quantitative estimate of drug-likeness (QED) is 0.914. The third kappa shape index (κ3) is 3.39. The molecule has 5 nitrogen and oxygen atoms in total. The fourth-order valence-electron chi connectivity index (χ4n) is 2.23. The number of carbonyl (C=O) groups excluding carboxylic acids is 1. The molecular formula is C16H16FN3O2. The molecule has 0 unspecified atom stereocenters. The highest BCUT2D eigenvalue weighted by atomic mass is 19.1. The van der Waals surface area contributed by atoms with Crippen molar-refractivity contribution in [2.75, 3.05) is 6.54 Å². The van der Waals surface area contributed by atoms with Crippen LogP contribution in [0.1, 0.15) is 34.8 Å². The molecule has 0 radical (unpaired) electrons. The number of nitrogens with one attached hydrogen (secondary N) is 1. The minimum atomic E-state index is -0.456. The topological polar surface area (TPSA) is 64.0 Å². The lowest BCUT2D eigenvalue weighted by Crippen LogP contribution is -2.32. The average Bonchev–Trinajstić information content (AvgIpc) is 3.34. The van der Waals surface area contributed by atoms with Gasteiger partial charge >= 0.3 is 0 Å². The number of halogens is 1. The van der Waals surface area contributed by atoms with Crippen molar-refractivity contribution in [2.45, 2.75) is 25.3 Å². The molecule has 0 aliphatic heterocycles. The molecule has 0 saturated heterocycles. The van der Waals surface area contributed by atoms with Crippen LogP contribution in [0.15, 0.2) is 41.2 Å². The fraction of sp³-hybridized carbons (Fsp3) is 0.312. The van der Waals surface area contributed by atoms with E-state index in [2.05, 4.69) is 10.4 Å². The number of nitrogens with zero attached hydrogens (tertiary/aromatic N) is 2. The lowest BCUT2D eigenvalue weighted by molar-refractivity contribution is 0.0951. The van der Waals surface area contributed by atoms with Gasteiger partial charge in [0.15, 0.2) is 0 Å². The van der Waals surface area contributed by atoms with Crippen molar-refractivity contribution >= 4 is 5.91 Å². The first-order valence-corrected chi connectivity index (χ1v) is 7.25. The standard InChI is InChI=1S/C16H16FN3O2/c17-13-3-1-2-12(10-13)16(22)18-8-9-20-15(21)7-6-14(19-20)11-4-5-11/h1-3,6-7,10-11H,4-5,8-9H2,(H,18,22). The van der Waals surface area contributed by atoms with Crippen molar-refractivity contribution in [1.82, 2.24) is 15.1 Å². The van der Waals surface area contributed by atoms with Gasteiger partial charge in [-0.05, 0) is 37.1 Å². The Balaban J connectivity index is 1.60. The van der Waals surface area contributed by atoms with Gasteiger partial charge < -0.3 is 5.32 Å². The van der Waals surface area contributed by atoms with Gasteiger partial charge in [0.2, 0.25) is 0 Å². The van der Waals surface area contributed by atoms with E-state index in [1.54, 1.807) is 6.07 Å². The molecule has 1 amide bonds. The maximum absolute atomic E-state index is 13.1. The predicted molar refractivity (Wildman–Crippen MR) is 79.2 cm³/mol. The van der Waals surface area contributed by atoms with Crippen LogP contribution in [-0.2, 0) is 6.54 Å². The van der Waals surface area contributed by atoms with Gasteiger partial charge in [0, 0.05) is 24.1 Å². The maximum Gasteiger partial charge on any atom is 0.266 e. The Labute approximate surface area is 126 Å². The highest BCUT2D eigenvalue weighted by Crippen LogP contribution is 2.38. The summed E-state index contributed by atoms with van der Waals surface area (Å²) >= 11 is 0. The first-order valence-electron chi connectivity index (χ1n) is 7.25. The Hall–Kier alpha value is -2.50. The van der Waals surface area contributed by atoms with Gasteiger partial charge in [-0.2, -0.15) is 5.10 Å². The van der Waals surface area contributed by atoms with Gasteiger partial charge in [-0.1, -0.05) is 6.07 Å². The van der Waals surface area contributed by atoms with Crippen molar-refractivity contribution in [2.24, 2.45) is 0 Å². The number of hydrogen-bond donors (Lipinski definition) is 1. The van der Waals surface area contributed by atoms with Gasteiger partial charge in [0.25, 0.3) is 11.5 Å². The predicted octanol–water partition coefficient (Wildman–Crippen LogP) is 1.69. The zero-order chi connectivity index (χ0) is 15.5. The summed E-state index contributed by atoms with van der Waals surface area (Å²) in [6.07, 6.45) is 2.23. The highest BCUT2D eigenvalue weighted by molar-refractivity contribution is 5.94. The van der Waals surface area contributed by atoms with E-state index in [1.165, 1.54) is 35.0 Å². The van der Waals surface area contributed by atoms with Crippen LogP contribution < -0.4 is 10.9 Å². The number of aromatic nitrogens is 2. The molecule has 1 N–H and O–H groups in total. The second kappa shape index (κ2) is 6.09. The lowest BCUT2D eigenvalue weighted by atomic mass is 10.2. The first kappa shape index (κ1) is 14.4. The third-order valence-electron chi connectivity index (χ3n) is 3.58. The highest BCUT2D eigenvalue weighted by Gasteiger charge is 2.25. The molecule has 1 saturated carbocycles. The summed E-state index contributed by atoms with van der Waals surface area (Å²) in [6.45, 7) is 0.552. The minimum absolute atomic E-state index is 0.190. The van der Waals surface area contributed by atoms with Crippen LogP contribution in [0.5, 0.6) is 0 Å². The largest absolute Gasteiger partial charge is 0.350 e. The first-order chi connectivity index (χ1) is 10.6. The molecule has 1 aliphatic rings. The molecule has 1 aliphatic carbocycles. The summed E-state index contributed by atoms with van der Waals surface area (Å²) in [7, 11) is 0. The SMILES string of the molecule is O=C(NCCn1nc(C2CC2)ccc1=O)c1cccc(F)c1. The van der Waals surface area contributed by atoms with Crippen molar-refractivity contribution in [1.29, 1.82) is 0 Å². The Kier molecular flexibility index (Phi) is 4.00. The van der Waals surface area contributed by atoms with E-state index < -0.39 is 5.82 Å². The Morgan fingerprint density at radius 2 is 2.14 bits per heavy atom. The van der Waals surface area contributed by atoms with Crippen LogP contribution in [0.25, 0.3) is 0 Å². The van der Waals surface area contributed by atoms with Gasteiger partial charge in [-0.3, -0.25) is 9.59 Å². The van der Waals surface area contributed by atoms with Crippen LogP contribution in [0.3, 0.4) is 0 Å². The molecule has 22 heavy (non-hydrogen) atoms. The molecule has 0 atom stereocenters. The summed E-state index contributed by atoms with van der Waals surface area (Å²) < 4.78 is 14.4.